The Hall–Kier alpha value is -2.08. The van der Waals surface area contributed by atoms with E-state index in [0.717, 1.165) is 18.4 Å². The first-order valence-electron chi connectivity index (χ1n) is 8.38. The third-order valence-corrected chi connectivity index (χ3v) is 5.27. The summed E-state index contributed by atoms with van der Waals surface area (Å²) in [7, 11) is 0. The lowest BCUT2D eigenvalue weighted by Gasteiger charge is -2.22. The van der Waals surface area contributed by atoms with Crippen LogP contribution in [0.15, 0.2) is 47.0 Å². The second-order valence-corrected chi connectivity index (χ2v) is 7.53. The zero-order chi connectivity index (χ0) is 19.0. The van der Waals surface area contributed by atoms with E-state index in [2.05, 4.69) is 10.1 Å². The predicted octanol–water partition coefficient (Wildman–Crippen LogP) is 5.67. The van der Waals surface area contributed by atoms with Gasteiger partial charge in [-0.3, -0.25) is 4.79 Å². The molecule has 1 aliphatic heterocycles. The topological polar surface area (TPSA) is 59.2 Å². The van der Waals surface area contributed by atoms with Crippen LogP contribution in [0, 0.1) is 0 Å². The molecule has 0 N–H and O–H groups in total. The highest BCUT2D eigenvalue weighted by Gasteiger charge is 2.35. The van der Waals surface area contributed by atoms with Crippen molar-refractivity contribution in [1.82, 2.24) is 15.0 Å². The molecule has 1 fully saturated rings. The zero-order valence-electron chi connectivity index (χ0n) is 14.0. The van der Waals surface area contributed by atoms with Gasteiger partial charge in [-0.15, -0.1) is 0 Å². The van der Waals surface area contributed by atoms with Gasteiger partial charge in [0.1, 0.15) is 6.04 Å². The van der Waals surface area contributed by atoms with Gasteiger partial charge in [0.05, 0.1) is 10.6 Å². The molecule has 1 amide bonds. The first-order valence-corrected chi connectivity index (χ1v) is 9.52. The Morgan fingerprint density at radius 2 is 1.93 bits per heavy atom. The third kappa shape index (κ3) is 3.68. The van der Waals surface area contributed by atoms with Crippen molar-refractivity contribution in [2.45, 2.75) is 18.9 Å². The summed E-state index contributed by atoms with van der Waals surface area (Å²) in [5.74, 6) is 0.666. The van der Waals surface area contributed by atoms with Crippen LogP contribution in [0.2, 0.25) is 15.1 Å². The van der Waals surface area contributed by atoms with Crippen molar-refractivity contribution in [3.8, 4) is 11.4 Å². The zero-order valence-corrected chi connectivity index (χ0v) is 16.3. The summed E-state index contributed by atoms with van der Waals surface area (Å²) in [4.78, 5) is 19.2. The van der Waals surface area contributed by atoms with Crippen molar-refractivity contribution in [3.05, 3.63) is 69.0 Å². The minimum atomic E-state index is -0.287. The van der Waals surface area contributed by atoms with Crippen LogP contribution in [0.1, 0.15) is 35.1 Å². The molecule has 0 spiro atoms. The van der Waals surface area contributed by atoms with E-state index >= 15 is 0 Å². The van der Waals surface area contributed by atoms with E-state index in [0.29, 0.717) is 38.9 Å². The van der Waals surface area contributed by atoms with E-state index in [9.17, 15) is 4.79 Å². The summed E-state index contributed by atoms with van der Waals surface area (Å²) in [6.07, 6.45) is 1.59. The van der Waals surface area contributed by atoms with Crippen LogP contribution in [0.3, 0.4) is 0 Å². The van der Waals surface area contributed by atoms with Crippen LogP contribution in [0.4, 0.5) is 0 Å². The maximum atomic E-state index is 13.0. The number of carbonyl (C=O) groups is 1. The van der Waals surface area contributed by atoms with Crippen LogP contribution in [-0.4, -0.2) is 27.5 Å². The Kier molecular flexibility index (Phi) is 5.08. The molecule has 1 saturated heterocycles. The van der Waals surface area contributed by atoms with Gasteiger partial charge in [-0.1, -0.05) is 52.1 Å². The van der Waals surface area contributed by atoms with Crippen LogP contribution in [0.5, 0.6) is 0 Å². The van der Waals surface area contributed by atoms with Crippen LogP contribution < -0.4 is 0 Å². The Labute approximate surface area is 170 Å². The Balaban J connectivity index is 1.61. The van der Waals surface area contributed by atoms with Crippen molar-refractivity contribution < 1.29 is 9.32 Å². The molecular weight excluding hydrogens is 409 g/mol. The summed E-state index contributed by atoms with van der Waals surface area (Å²) < 4.78 is 5.46. The standard InChI is InChI=1S/C19H14Cl3N3O2/c20-12-4-1-3-11(9-12)17-23-18(27-24-17)16-5-2-8-25(16)19(26)14-7-6-13(21)10-15(14)22/h1,3-4,6-7,9-10,16H,2,5,8H2. The number of amides is 1. The summed E-state index contributed by atoms with van der Waals surface area (Å²) in [6.45, 7) is 0.595. The highest BCUT2D eigenvalue weighted by atomic mass is 35.5. The van der Waals surface area contributed by atoms with Gasteiger partial charge < -0.3 is 9.42 Å². The summed E-state index contributed by atoms with van der Waals surface area (Å²) >= 11 is 18.2. The van der Waals surface area contributed by atoms with E-state index in [1.807, 2.05) is 12.1 Å². The maximum Gasteiger partial charge on any atom is 0.256 e. The fourth-order valence-corrected chi connectivity index (χ4v) is 3.88. The molecule has 4 rings (SSSR count). The first-order chi connectivity index (χ1) is 13.0. The van der Waals surface area contributed by atoms with Gasteiger partial charge in [0.15, 0.2) is 0 Å². The lowest BCUT2D eigenvalue weighted by molar-refractivity contribution is 0.0710. The first kappa shape index (κ1) is 18.3. The summed E-state index contributed by atoms with van der Waals surface area (Å²) in [5.41, 5.74) is 1.16. The largest absolute Gasteiger partial charge is 0.337 e. The quantitative estimate of drug-likeness (QED) is 0.545. The molecular formula is C19H14Cl3N3O2. The van der Waals surface area contributed by atoms with Gasteiger partial charge in [0.2, 0.25) is 11.7 Å². The van der Waals surface area contributed by atoms with Gasteiger partial charge in [0, 0.05) is 22.2 Å². The van der Waals surface area contributed by atoms with Crippen LogP contribution >= 0.6 is 34.8 Å². The normalized spacial score (nSPS) is 16.7. The van der Waals surface area contributed by atoms with Gasteiger partial charge >= 0.3 is 0 Å². The fourth-order valence-electron chi connectivity index (χ4n) is 3.20. The van der Waals surface area contributed by atoms with E-state index in [1.165, 1.54) is 0 Å². The van der Waals surface area contributed by atoms with Crippen molar-refractivity contribution in [2.75, 3.05) is 6.54 Å². The minimum absolute atomic E-state index is 0.179. The second-order valence-electron chi connectivity index (χ2n) is 6.25. The summed E-state index contributed by atoms with van der Waals surface area (Å²) in [5, 5.41) is 5.44. The molecule has 0 aliphatic carbocycles. The molecule has 8 heteroatoms. The molecule has 1 unspecified atom stereocenters. The lowest BCUT2D eigenvalue weighted by Crippen LogP contribution is -2.31. The molecule has 2 aromatic carbocycles. The van der Waals surface area contributed by atoms with Crippen molar-refractivity contribution in [2.24, 2.45) is 0 Å². The smallest absolute Gasteiger partial charge is 0.256 e. The van der Waals surface area contributed by atoms with Gasteiger partial charge in [0.25, 0.3) is 5.91 Å². The van der Waals surface area contributed by atoms with E-state index < -0.39 is 0 Å². The van der Waals surface area contributed by atoms with Gasteiger partial charge in [-0.25, -0.2) is 0 Å². The molecule has 27 heavy (non-hydrogen) atoms. The highest BCUT2D eigenvalue weighted by Crippen LogP contribution is 2.34. The van der Waals surface area contributed by atoms with Crippen molar-refractivity contribution in [3.63, 3.8) is 0 Å². The Morgan fingerprint density at radius 1 is 1.11 bits per heavy atom. The number of hydrogen-bond acceptors (Lipinski definition) is 4. The van der Waals surface area contributed by atoms with Gasteiger partial charge in [-0.2, -0.15) is 4.98 Å². The molecule has 0 bridgehead atoms. The lowest BCUT2D eigenvalue weighted by atomic mass is 10.1. The number of aromatic nitrogens is 2. The van der Waals surface area contributed by atoms with Crippen molar-refractivity contribution in [1.29, 1.82) is 0 Å². The number of nitrogens with zero attached hydrogens (tertiary/aromatic N) is 3. The second kappa shape index (κ2) is 7.50. The van der Waals surface area contributed by atoms with E-state index in [4.69, 9.17) is 39.3 Å². The number of benzene rings is 2. The SMILES string of the molecule is O=C(c1ccc(Cl)cc1Cl)N1CCCC1c1nc(-c2cccc(Cl)c2)no1. The number of halogens is 3. The summed E-state index contributed by atoms with van der Waals surface area (Å²) in [6, 6.07) is 11.8. The molecule has 2 heterocycles. The minimum Gasteiger partial charge on any atom is -0.337 e. The Morgan fingerprint density at radius 3 is 2.70 bits per heavy atom. The number of likely N-dealkylation sites (tertiary alicyclic amines) is 1. The molecule has 5 nitrogen and oxygen atoms in total. The average molecular weight is 423 g/mol. The molecule has 1 aliphatic rings. The molecule has 0 saturated carbocycles. The molecule has 138 valence electrons. The average Bonchev–Trinajstić information content (AvgIpc) is 3.30. The third-order valence-electron chi connectivity index (χ3n) is 4.48. The molecule has 3 aromatic rings. The predicted molar refractivity (Wildman–Crippen MR) is 104 cm³/mol. The van der Waals surface area contributed by atoms with Gasteiger partial charge in [-0.05, 0) is 43.2 Å². The molecule has 1 aromatic heterocycles. The monoisotopic (exact) mass is 421 g/mol. The number of hydrogen-bond donors (Lipinski definition) is 0. The molecule has 0 radical (unpaired) electrons. The van der Waals surface area contributed by atoms with Crippen molar-refractivity contribution >= 4 is 40.7 Å². The highest BCUT2D eigenvalue weighted by molar-refractivity contribution is 6.36. The van der Waals surface area contributed by atoms with Crippen LogP contribution in [-0.2, 0) is 0 Å². The van der Waals surface area contributed by atoms with Crippen LogP contribution in [0.25, 0.3) is 11.4 Å². The number of carbonyl (C=O) groups excluding carboxylic acids is 1. The van der Waals surface area contributed by atoms with E-state index in [-0.39, 0.29) is 11.9 Å². The molecule has 1 atom stereocenters. The fraction of sp³-hybridized carbons (Fsp3) is 0.211. The maximum absolute atomic E-state index is 13.0. The Bertz CT molecular complexity index is 1010. The number of rotatable bonds is 3. The van der Waals surface area contributed by atoms with E-state index in [1.54, 1.807) is 35.2 Å².